The molecular weight excluding hydrogens is 250 g/mol. The van der Waals surface area contributed by atoms with E-state index in [0.29, 0.717) is 12.6 Å². The summed E-state index contributed by atoms with van der Waals surface area (Å²) in [6, 6.07) is 4.02. The Morgan fingerprint density at radius 1 is 1.37 bits per heavy atom. The van der Waals surface area contributed by atoms with Crippen LogP contribution in [-0.2, 0) is 0 Å². The topological polar surface area (TPSA) is 32.3 Å². The van der Waals surface area contributed by atoms with Crippen LogP contribution in [0.5, 0.6) is 0 Å². The van der Waals surface area contributed by atoms with Crippen LogP contribution in [0.15, 0.2) is 18.2 Å². The van der Waals surface area contributed by atoms with E-state index in [0.717, 1.165) is 19.0 Å². The summed E-state index contributed by atoms with van der Waals surface area (Å²) >= 11 is 0. The number of amides is 1. The van der Waals surface area contributed by atoms with Crippen LogP contribution in [0.2, 0.25) is 0 Å². The number of nitrogens with one attached hydrogen (secondary N) is 1. The van der Waals surface area contributed by atoms with E-state index >= 15 is 0 Å². The zero-order valence-electron chi connectivity index (χ0n) is 11.5. The summed E-state index contributed by atoms with van der Waals surface area (Å²) in [5.41, 5.74) is -0.253. The molecule has 1 aromatic rings. The van der Waals surface area contributed by atoms with Crippen LogP contribution < -0.4 is 5.32 Å². The van der Waals surface area contributed by atoms with Gasteiger partial charge in [0.2, 0.25) is 0 Å². The molecule has 0 saturated heterocycles. The minimum Gasteiger partial charge on any atom is -0.352 e. The lowest BCUT2D eigenvalue weighted by molar-refractivity contribution is 0.0946. The maximum absolute atomic E-state index is 13.4. The molecule has 0 aliphatic heterocycles. The van der Waals surface area contributed by atoms with E-state index in [1.165, 1.54) is 12.1 Å². The Bertz CT molecular complexity index is 435. The Morgan fingerprint density at radius 2 is 2.05 bits per heavy atom. The molecule has 3 nitrogen and oxygen atoms in total. The first kappa shape index (κ1) is 15.6. The summed E-state index contributed by atoms with van der Waals surface area (Å²) in [5, 5.41) is 2.59. The lowest BCUT2D eigenvalue weighted by Crippen LogP contribution is -2.31. The Morgan fingerprint density at radius 3 is 2.68 bits per heavy atom. The molecule has 1 rings (SSSR count). The van der Waals surface area contributed by atoms with Gasteiger partial charge in [-0.05, 0) is 46.0 Å². The van der Waals surface area contributed by atoms with Crippen molar-refractivity contribution >= 4 is 5.91 Å². The minimum atomic E-state index is -1.10. The standard InChI is InChI=1S/C14H20F2N2O/c1-10(2)18(3)9-5-8-17-14(19)11-6-4-7-12(15)13(11)16/h4,6-7,10H,5,8-9H2,1-3H3,(H,17,19). The molecule has 1 amide bonds. The number of halogens is 2. The first-order chi connectivity index (χ1) is 8.93. The number of carbonyl (C=O) groups is 1. The largest absolute Gasteiger partial charge is 0.352 e. The Kier molecular flexibility index (Phi) is 5.89. The maximum atomic E-state index is 13.4. The Labute approximate surface area is 112 Å². The molecule has 0 saturated carbocycles. The molecular formula is C14H20F2N2O. The summed E-state index contributed by atoms with van der Waals surface area (Å²) in [7, 11) is 2.00. The van der Waals surface area contributed by atoms with Crippen molar-refractivity contribution in [3.63, 3.8) is 0 Å². The second-order valence-corrected chi connectivity index (χ2v) is 4.79. The smallest absolute Gasteiger partial charge is 0.254 e. The summed E-state index contributed by atoms with van der Waals surface area (Å²) in [5.74, 6) is -2.68. The number of hydrogen-bond acceptors (Lipinski definition) is 2. The average molecular weight is 270 g/mol. The van der Waals surface area contributed by atoms with Crippen molar-refractivity contribution in [1.29, 1.82) is 0 Å². The van der Waals surface area contributed by atoms with Crippen LogP contribution in [0.3, 0.4) is 0 Å². The maximum Gasteiger partial charge on any atom is 0.254 e. The van der Waals surface area contributed by atoms with E-state index in [9.17, 15) is 13.6 Å². The van der Waals surface area contributed by atoms with Gasteiger partial charge in [-0.1, -0.05) is 6.07 Å². The van der Waals surface area contributed by atoms with Crippen LogP contribution >= 0.6 is 0 Å². The van der Waals surface area contributed by atoms with Crippen molar-refractivity contribution in [2.75, 3.05) is 20.1 Å². The first-order valence-electron chi connectivity index (χ1n) is 6.36. The number of hydrogen-bond donors (Lipinski definition) is 1. The molecule has 1 N–H and O–H groups in total. The summed E-state index contributed by atoms with van der Waals surface area (Å²) in [6.45, 7) is 5.44. The van der Waals surface area contributed by atoms with Crippen molar-refractivity contribution < 1.29 is 13.6 Å². The highest BCUT2D eigenvalue weighted by molar-refractivity contribution is 5.94. The van der Waals surface area contributed by atoms with Gasteiger partial charge in [0.05, 0.1) is 5.56 Å². The molecule has 5 heteroatoms. The number of carbonyl (C=O) groups excluding carboxylic acids is 1. The van der Waals surface area contributed by atoms with E-state index < -0.39 is 17.5 Å². The van der Waals surface area contributed by atoms with Crippen molar-refractivity contribution in [1.82, 2.24) is 10.2 Å². The third kappa shape index (κ3) is 4.59. The van der Waals surface area contributed by atoms with E-state index in [4.69, 9.17) is 0 Å². The van der Waals surface area contributed by atoms with E-state index in [-0.39, 0.29) is 5.56 Å². The fourth-order valence-corrected chi connectivity index (χ4v) is 1.56. The second kappa shape index (κ2) is 7.19. The van der Waals surface area contributed by atoms with E-state index in [1.54, 1.807) is 0 Å². The van der Waals surface area contributed by atoms with Crippen LogP contribution in [0, 0.1) is 11.6 Å². The van der Waals surface area contributed by atoms with Crippen LogP contribution in [0.4, 0.5) is 8.78 Å². The lowest BCUT2D eigenvalue weighted by Gasteiger charge is -2.20. The monoisotopic (exact) mass is 270 g/mol. The fourth-order valence-electron chi connectivity index (χ4n) is 1.56. The number of rotatable bonds is 6. The third-order valence-electron chi connectivity index (χ3n) is 3.05. The molecule has 0 radical (unpaired) electrons. The second-order valence-electron chi connectivity index (χ2n) is 4.79. The molecule has 0 spiro atoms. The zero-order valence-corrected chi connectivity index (χ0v) is 11.5. The summed E-state index contributed by atoms with van der Waals surface area (Å²) < 4.78 is 26.3. The average Bonchev–Trinajstić information content (AvgIpc) is 2.37. The molecule has 0 aliphatic rings. The van der Waals surface area contributed by atoms with Gasteiger partial charge in [-0.15, -0.1) is 0 Å². The third-order valence-corrected chi connectivity index (χ3v) is 3.05. The van der Waals surface area contributed by atoms with Crippen molar-refractivity contribution in [3.8, 4) is 0 Å². The normalized spacial score (nSPS) is 11.1. The summed E-state index contributed by atoms with van der Waals surface area (Å²) in [6.07, 6.45) is 0.761. The van der Waals surface area contributed by atoms with Crippen molar-refractivity contribution in [2.24, 2.45) is 0 Å². The Balaban J connectivity index is 2.42. The SMILES string of the molecule is CC(C)N(C)CCCNC(=O)c1cccc(F)c1F. The predicted molar refractivity (Wildman–Crippen MR) is 71.1 cm³/mol. The van der Waals surface area contributed by atoms with Crippen LogP contribution in [0.25, 0.3) is 0 Å². The zero-order chi connectivity index (χ0) is 14.4. The molecule has 19 heavy (non-hydrogen) atoms. The highest BCUT2D eigenvalue weighted by Crippen LogP contribution is 2.10. The highest BCUT2D eigenvalue weighted by Gasteiger charge is 2.14. The molecule has 0 fully saturated rings. The summed E-state index contributed by atoms with van der Waals surface area (Å²) in [4.78, 5) is 13.8. The predicted octanol–water partition coefficient (Wildman–Crippen LogP) is 2.42. The van der Waals surface area contributed by atoms with Gasteiger partial charge in [0, 0.05) is 12.6 Å². The van der Waals surface area contributed by atoms with E-state index in [1.807, 2.05) is 7.05 Å². The molecule has 106 valence electrons. The molecule has 1 aromatic carbocycles. The Hall–Kier alpha value is -1.49. The number of nitrogens with zero attached hydrogens (tertiary/aromatic N) is 1. The van der Waals surface area contributed by atoms with Gasteiger partial charge < -0.3 is 10.2 Å². The molecule has 0 heterocycles. The van der Waals surface area contributed by atoms with Gasteiger partial charge in [-0.2, -0.15) is 0 Å². The van der Waals surface area contributed by atoms with Crippen LogP contribution in [-0.4, -0.2) is 37.0 Å². The van der Waals surface area contributed by atoms with Gasteiger partial charge in [-0.3, -0.25) is 4.79 Å². The lowest BCUT2D eigenvalue weighted by atomic mass is 10.2. The first-order valence-corrected chi connectivity index (χ1v) is 6.36. The quantitative estimate of drug-likeness (QED) is 0.805. The fraction of sp³-hybridized carbons (Fsp3) is 0.500. The van der Waals surface area contributed by atoms with Crippen molar-refractivity contribution in [2.45, 2.75) is 26.3 Å². The van der Waals surface area contributed by atoms with Gasteiger partial charge in [0.25, 0.3) is 5.91 Å². The van der Waals surface area contributed by atoms with Gasteiger partial charge in [-0.25, -0.2) is 8.78 Å². The minimum absolute atomic E-state index is 0.253. The van der Waals surface area contributed by atoms with Gasteiger partial charge >= 0.3 is 0 Å². The van der Waals surface area contributed by atoms with Crippen molar-refractivity contribution in [3.05, 3.63) is 35.4 Å². The number of benzene rings is 1. The van der Waals surface area contributed by atoms with E-state index in [2.05, 4.69) is 24.1 Å². The highest BCUT2D eigenvalue weighted by atomic mass is 19.2. The molecule has 0 unspecified atom stereocenters. The van der Waals surface area contributed by atoms with Gasteiger partial charge in [0.15, 0.2) is 11.6 Å². The molecule has 0 bridgehead atoms. The molecule has 0 aromatic heterocycles. The molecule has 0 aliphatic carbocycles. The molecule has 0 atom stereocenters. The van der Waals surface area contributed by atoms with Gasteiger partial charge in [0.1, 0.15) is 0 Å². The van der Waals surface area contributed by atoms with Crippen LogP contribution in [0.1, 0.15) is 30.6 Å².